The molecule has 0 saturated heterocycles. The molecule has 0 radical (unpaired) electrons. The third kappa shape index (κ3) is 2.15. The van der Waals surface area contributed by atoms with E-state index in [1.54, 1.807) is 19.1 Å². The smallest absolute Gasteiger partial charge is 0.364 e. The quantitative estimate of drug-likeness (QED) is 0.739. The Hall–Kier alpha value is -1.03. The summed E-state index contributed by atoms with van der Waals surface area (Å²) in [5.41, 5.74) is -1.34. The number of aryl methyl sites for hydroxylation is 1. The highest BCUT2D eigenvalue weighted by molar-refractivity contribution is 5.28. The Bertz CT molecular complexity index is 346. The number of hydrogen-bond donors (Lipinski definition) is 0. The van der Waals surface area contributed by atoms with Gasteiger partial charge in [0.05, 0.1) is 0 Å². The molecule has 1 aromatic rings. The van der Waals surface area contributed by atoms with Crippen molar-refractivity contribution < 1.29 is 17.9 Å². The number of hydrogen-bond acceptors (Lipinski definition) is 1. The Balaban J connectivity index is 3.23. The van der Waals surface area contributed by atoms with Crippen molar-refractivity contribution in [3.05, 3.63) is 35.4 Å². The summed E-state index contributed by atoms with van der Waals surface area (Å²) in [5, 5.41) is 0. The van der Waals surface area contributed by atoms with Gasteiger partial charge >= 0.3 is 6.18 Å². The molecule has 0 N–H and O–H groups in total. The molecular weight excluding hydrogens is 205 g/mol. The van der Waals surface area contributed by atoms with Crippen LogP contribution in [0.1, 0.15) is 18.1 Å². The lowest BCUT2D eigenvalue weighted by atomic mass is 9.94. The largest absolute Gasteiger partial charge is 0.421 e. The molecule has 1 atom stereocenters. The fourth-order valence-corrected chi connectivity index (χ4v) is 1.34. The maximum Gasteiger partial charge on any atom is 0.421 e. The third-order valence-corrected chi connectivity index (χ3v) is 2.52. The number of ether oxygens (including phenoxy) is 1. The first-order chi connectivity index (χ1) is 6.81. The molecule has 0 saturated carbocycles. The minimum absolute atomic E-state index is 0.123. The van der Waals surface area contributed by atoms with Crippen molar-refractivity contribution >= 4 is 0 Å². The first-order valence-electron chi connectivity index (χ1n) is 4.50. The normalized spacial score (nSPS) is 16.1. The summed E-state index contributed by atoms with van der Waals surface area (Å²) >= 11 is 0. The van der Waals surface area contributed by atoms with Gasteiger partial charge in [-0.25, -0.2) is 0 Å². The number of benzene rings is 1. The van der Waals surface area contributed by atoms with Gasteiger partial charge in [0.15, 0.2) is 5.60 Å². The van der Waals surface area contributed by atoms with Gasteiger partial charge in [-0.2, -0.15) is 13.2 Å². The van der Waals surface area contributed by atoms with E-state index >= 15 is 0 Å². The van der Waals surface area contributed by atoms with Gasteiger partial charge < -0.3 is 4.74 Å². The number of rotatable bonds is 2. The van der Waals surface area contributed by atoms with Gasteiger partial charge in [-0.15, -0.1) is 0 Å². The zero-order valence-electron chi connectivity index (χ0n) is 8.85. The molecule has 0 aliphatic carbocycles. The maximum atomic E-state index is 12.8. The molecule has 0 amide bonds. The minimum Gasteiger partial charge on any atom is -0.364 e. The molecule has 4 heteroatoms. The van der Waals surface area contributed by atoms with Gasteiger partial charge in [0.2, 0.25) is 0 Å². The van der Waals surface area contributed by atoms with E-state index < -0.39 is 11.8 Å². The van der Waals surface area contributed by atoms with Crippen LogP contribution in [-0.4, -0.2) is 13.3 Å². The van der Waals surface area contributed by atoms with Crippen molar-refractivity contribution in [2.75, 3.05) is 7.11 Å². The van der Waals surface area contributed by atoms with Gasteiger partial charge in [-0.1, -0.05) is 29.8 Å². The van der Waals surface area contributed by atoms with Gasteiger partial charge in [0.1, 0.15) is 0 Å². The minimum atomic E-state index is -4.42. The summed E-state index contributed by atoms with van der Waals surface area (Å²) < 4.78 is 43.0. The standard InChI is InChI=1S/C11H13F3O/c1-8-5-4-6-9(7-8)10(2,15-3)11(12,13)14/h4-7H,1-3H3/t10-/m0/s1. The van der Waals surface area contributed by atoms with E-state index in [2.05, 4.69) is 4.74 Å². The van der Waals surface area contributed by atoms with Gasteiger partial charge in [-0.3, -0.25) is 0 Å². The fourth-order valence-electron chi connectivity index (χ4n) is 1.34. The lowest BCUT2D eigenvalue weighted by molar-refractivity contribution is -0.269. The van der Waals surface area contributed by atoms with Crippen LogP contribution in [0.15, 0.2) is 24.3 Å². The highest BCUT2D eigenvalue weighted by atomic mass is 19.4. The molecule has 1 nitrogen and oxygen atoms in total. The monoisotopic (exact) mass is 218 g/mol. The lowest BCUT2D eigenvalue weighted by Gasteiger charge is -2.31. The summed E-state index contributed by atoms with van der Waals surface area (Å²) in [6, 6.07) is 6.24. The molecule has 0 fully saturated rings. The third-order valence-electron chi connectivity index (χ3n) is 2.52. The molecule has 0 aliphatic heterocycles. The summed E-state index contributed by atoms with van der Waals surface area (Å²) in [7, 11) is 1.07. The summed E-state index contributed by atoms with van der Waals surface area (Å²) in [6.07, 6.45) is -4.42. The van der Waals surface area contributed by atoms with Crippen LogP contribution in [0, 0.1) is 6.92 Å². The van der Waals surface area contributed by atoms with E-state index in [1.165, 1.54) is 12.1 Å². The Kier molecular flexibility index (Phi) is 3.09. The second-order valence-electron chi connectivity index (χ2n) is 3.60. The summed E-state index contributed by atoms with van der Waals surface area (Å²) in [4.78, 5) is 0. The van der Waals surface area contributed by atoms with Crippen molar-refractivity contribution in [2.45, 2.75) is 25.6 Å². The average molecular weight is 218 g/mol. The van der Waals surface area contributed by atoms with Crippen LogP contribution in [-0.2, 0) is 10.3 Å². The molecule has 1 aromatic carbocycles. The fraction of sp³-hybridized carbons (Fsp3) is 0.455. The van der Waals surface area contributed by atoms with Crippen molar-refractivity contribution in [2.24, 2.45) is 0 Å². The van der Waals surface area contributed by atoms with E-state index in [-0.39, 0.29) is 5.56 Å². The first kappa shape index (κ1) is 12.0. The van der Waals surface area contributed by atoms with Crippen LogP contribution in [0.2, 0.25) is 0 Å². The molecule has 0 aromatic heterocycles. The molecule has 0 spiro atoms. The predicted octanol–water partition coefficient (Wildman–Crippen LogP) is 3.42. The Morgan fingerprint density at radius 2 is 1.80 bits per heavy atom. The average Bonchev–Trinajstić information content (AvgIpc) is 2.14. The molecular formula is C11H13F3O. The Labute approximate surface area is 86.9 Å². The predicted molar refractivity (Wildman–Crippen MR) is 51.6 cm³/mol. The molecule has 0 aliphatic rings. The zero-order valence-corrected chi connectivity index (χ0v) is 8.85. The second-order valence-corrected chi connectivity index (χ2v) is 3.60. The van der Waals surface area contributed by atoms with Gasteiger partial charge in [-0.05, 0) is 19.4 Å². The van der Waals surface area contributed by atoms with Gasteiger partial charge in [0.25, 0.3) is 0 Å². The highest BCUT2D eigenvalue weighted by Crippen LogP contribution is 2.41. The second kappa shape index (κ2) is 3.85. The zero-order chi connectivity index (χ0) is 11.7. The molecule has 15 heavy (non-hydrogen) atoms. The highest BCUT2D eigenvalue weighted by Gasteiger charge is 2.52. The van der Waals surface area contributed by atoms with E-state index in [9.17, 15) is 13.2 Å². The molecule has 0 bridgehead atoms. The van der Waals surface area contributed by atoms with Crippen molar-refractivity contribution in [3.8, 4) is 0 Å². The van der Waals surface area contributed by atoms with Gasteiger partial charge in [0, 0.05) is 7.11 Å². The summed E-state index contributed by atoms with van der Waals surface area (Å²) in [6.45, 7) is 2.78. The van der Waals surface area contributed by atoms with Crippen LogP contribution < -0.4 is 0 Å². The Morgan fingerprint density at radius 3 is 2.20 bits per heavy atom. The first-order valence-corrected chi connectivity index (χ1v) is 4.50. The number of halogens is 3. The molecule has 84 valence electrons. The molecule has 1 rings (SSSR count). The number of methoxy groups -OCH3 is 1. The lowest BCUT2D eigenvalue weighted by Crippen LogP contribution is -2.41. The number of alkyl halides is 3. The van der Waals surface area contributed by atoms with E-state index in [4.69, 9.17) is 0 Å². The Morgan fingerprint density at radius 1 is 1.20 bits per heavy atom. The van der Waals surface area contributed by atoms with Crippen molar-refractivity contribution in [1.82, 2.24) is 0 Å². The van der Waals surface area contributed by atoms with Crippen molar-refractivity contribution in [1.29, 1.82) is 0 Å². The van der Waals surface area contributed by atoms with Crippen LogP contribution in [0.5, 0.6) is 0 Å². The van der Waals surface area contributed by atoms with Crippen LogP contribution >= 0.6 is 0 Å². The van der Waals surface area contributed by atoms with Crippen molar-refractivity contribution in [3.63, 3.8) is 0 Å². The van der Waals surface area contributed by atoms with Crippen LogP contribution in [0.4, 0.5) is 13.2 Å². The van der Waals surface area contributed by atoms with Crippen LogP contribution in [0.25, 0.3) is 0 Å². The maximum absolute atomic E-state index is 12.8. The topological polar surface area (TPSA) is 9.23 Å². The molecule has 0 heterocycles. The summed E-state index contributed by atoms with van der Waals surface area (Å²) in [5.74, 6) is 0. The van der Waals surface area contributed by atoms with Crippen LogP contribution in [0.3, 0.4) is 0 Å². The van der Waals surface area contributed by atoms with E-state index in [1.807, 2.05) is 0 Å². The molecule has 0 unspecified atom stereocenters. The van der Waals surface area contributed by atoms with E-state index in [0.717, 1.165) is 19.6 Å². The van der Waals surface area contributed by atoms with E-state index in [0.29, 0.717) is 0 Å². The SMILES string of the molecule is CO[C@@](C)(c1cccc(C)c1)C(F)(F)F.